The Balaban J connectivity index is 1.60. The average molecular weight is 630 g/mol. The molecule has 4 aromatic rings. The number of rotatable bonds is 7. The van der Waals surface area contributed by atoms with Gasteiger partial charge in [-0.3, -0.25) is 14.6 Å². The molecule has 0 aliphatic carbocycles. The number of aromatic nitrogens is 1. The molecule has 1 aliphatic rings. The van der Waals surface area contributed by atoms with E-state index in [1.54, 1.807) is 81.1 Å². The highest BCUT2D eigenvalue weighted by atomic mass is 19.1. The molecule has 0 bridgehead atoms. The lowest BCUT2D eigenvalue weighted by molar-refractivity contribution is -0.136. The van der Waals surface area contributed by atoms with E-state index in [1.807, 2.05) is 0 Å². The summed E-state index contributed by atoms with van der Waals surface area (Å²) in [7, 11) is 1.66. The van der Waals surface area contributed by atoms with Crippen LogP contribution in [0, 0.1) is 18.6 Å². The predicted octanol–water partition coefficient (Wildman–Crippen LogP) is 7.25. The Bertz CT molecular complexity index is 1810. The Labute approximate surface area is 266 Å². The van der Waals surface area contributed by atoms with Gasteiger partial charge in [-0.15, -0.1) is 0 Å². The molecule has 1 fully saturated rings. The van der Waals surface area contributed by atoms with E-state index < -0.39 is 29.3 Å². The van der Waals surface area contributed by atoms with Crippen molar-refractivity contribution in [2.24, 2.45) is 0 Å². The fourth-order valence-electron chi connectivity index (χ4n) is 5.98. The third-order valence-corrected chi connectivity index (χ3v) is 7.92. The molecule has 0 spiro atoms. The lowest BCUT2D eigenvalue weighted by atomic mass is 9.93. The van der Waals surface area contributed by atoms with Gasteiger partial charge in [-0.25, -0.2) is 13.6 Å². The van der Waals surface area contributed by atoms with Crippen LogP contribution in [0.4, 0.5) is 13.6 Å². The van der Waals surface area contributed by atoms with Gasteiger partial charge in [-0.05, 0) is 105 Å². The fourth-order valence-corrected chi connectivity index (χ4v) is 5.98. The zero-order chi connectivity index (χ0) is 33.3. The van der Waals surface area contributed by atoms with Crippen molar-refractivity contribution in [1.29, 1.82) is 0 Å². The number of halogens is 2. The zero-order valence-corrected chi connectivity index (χ0v) is 26.6. The summed E-state index contributed by atoms with van der Waals surface area (Å²) in [6, 6.07) is 13.5. The van der Waals surface area contributed by atoms with Crippen LogP contribution in [0.2, 0.25) is 0 Å². The van der Waals surface area contributed by atoms with Crippen molar-refractivity contribution in [3.63, 3.8) is 0 Å². The van der Waals surface area contributed by atoms with Gasteiger partial charge in [0.15, 0.2) is 0 Å². The first kappa shape index (κ1) is 32.5. The van der Waals surface area contributed by atoms with E-state index in [9.17, 15) is 28.3 Å². The number of benzene rings is 3. The molecule has 46 heavy (non-hydrogen) atoms. The predicted molar refractivity (Wildman–Crippen MR) is 172 cm³/mol. The van der Waals surface area contributed by atoms with Crippen molar-refractivity contribution in [3.8, 4) is 22.3 Å². The van der Waals surface area contributed by atoms with Gasteiger partial charge in [0.25, 0.3) is 5.91 Å². The molecule has 0 unspecified atom stereocenters. The molecular formula is C36H37F2N3O5. The Morgan fingerprint density at radius 3 is 2.41 bits per heavy atom. The number of fused-ring (bicyclic) bond motifs is 1. The Kier molecular flexibility index (Phi) is 9.10. The molecule has 2 amide bonds. The first-order chi connectivity index (χ1) is 21.7. The first-order valence-corrected chi connectivity index (χ1v) is 15.2. The number of likely N-dealkylation sites (tertiary alicyclic amines) is 1. The molecule has 0 saturated carbocycles. The number of nitrogens with zero attached hydrogens (tertiary/aromatic N) is 3. The van der Waals surface area contributed by atoms with Gasteiger partial charge in [0.2, 0.25) is 0 Å². The van der Waals surface area contributed by atoms with Crippen molar-refractivity contribution in [3.05, 3.63) is 89.1 Å². The van der Waals surface area contributed by atoms with Gasteiger partial charge < -0.3 is 19.6 Å². The van der Waals surface area contributed by atoms with Gasteiger partial charge in [0, 0.05) is 37.3 Å². The summed E-state index contributed by atoms with van der Waals surface area (Å²) in [5.41, 5.74) is 2.97. The van der Waals surface area contributed by atoms with E-state index in [4.69, 9.17) is 4.74 Å². The van der Waals surface area contributed by atoms with E-state index in [0.717, 1.165) is 6.42 Å². The van der Waals surface area contributed by atoms with Crippen molar-refractivity contribution >= 4 is 28.9 Å². The largest absolute Gasteiger partial charge is 0.481 e. The van der Waals surface area contributed by atoms with Crippen LogP contribution in [0.1, 0.15) is 55.1 Å². The Morgan fingerprint density at radius 1 is 1.00 bits per heavy atom. The van der Waals surface area contributed by atoms with Gasteiger partial charge in [0.1, 0.15) is 17.2 Å². The molecule has 1 N–H and O–H groups in total. The summed E-state index contributed by atoms with van der Waals surface area (Å²) in [6.45, 7) is 7.94. The highest BCUT2D eigenvalue weighted by molar-refractivity contribution is 6.12. The number of likely N-dealkylation sites (N-methyl/N-ethyl adjacent to an activating group) is 1. The molecule has 1 aromatic heterocycles. The summed E-state index contributed by atoms with van der Waals surface area (Å²) >= 11 is 0. The van der Waals surface area contributed by atoms with E-state index in [1.165, 1.54) is 24.3 Å². The van der Waals surface area contributed by atoms with Crippen molar-refractivity contribution in [2.75, 3.05) is 20.1 Å². The topological polar surface area (TPSA) is 100 Å². The molecular weight excluding hydrogens is 592 g/mol. The molecule has 8 nitrogen and oxygen atoms in total. The third-order valence-electron chi connectivity index (χ3n) is 7.92. The number of hydrogen-bond donors (Lipinski definition) is 1. The molecule has 2 heterocycles. The van der Waals surface area contributed by atoms with Crippen LogP contribution in [0.25, 0.3) is 33.2 Å². The summed E-state index contributed by atoms with van der Waals surface area (Å²) in [5.74, 6) is -2.49. The van der Waals surface area contributed by atoms with Gasteiger partial charge in [0.05, 0.1) is 23.5 Å². The maximum absolute atomic E-state index is 14.6. The minimum atomic E-state index is -1.09. The van der Waals surface area contributed by atoms with Crippen LogP contribution in [-0.4, -0.2) is 69.6 Å². The SMILES string of the molecule is Cc1cc(F)cc(-c2cnc3ccc(-c4cc(F)cc(CC(=O)O)c4)cc3c2C(=O)N(C)C[C@@H]2CCCN2C(=O)OC(C)(C)C)c1. The smallest absolute Gasteiger partial charge is 0.410 e. The normalized spacial score (nSPS) is 14.8. The van der Waals surface area contributed by atoms with Gasteiger partial charge in [-0.2, -0.15) is 0 Å². The lowest BCUT2D eigenvalue weighted by Gasteiger charge is -2.31. The number of aryl methyl sites for hydroxylation is 1. The highest BCUT2D eigenvalue weighted by Gasteiger charge is 2.34. The second kappa shape index (κ2) is 12.9. The Hall–Kier alpha value is -4.86. The number of amides is 2. The minimum absolute atomic E-state index is 0.242. The van der Waals surface area contributed by atoms with Crippen LogP contribution >= 0.6 is 0 Å². The van der Waals surface area contributed by atoms with E-state index in [-0.39, 0.29) is 30.5 Å². The van der Waals surface area contributed by atoms with Gasteiger partial charge in [-0.1, -0.05) is 18.2 Å². The van der Waals surface area contributed by atoms with Crippen molar-refractivity contribution in [1.82, 2.24) is 14.8 Å². The second-order valence-corrected chi connectivity index (χ2v) is 12.9. The number of aliphatic carboxylic acids is 1. The number of ether oxygens (including phenoxy) is 1. The highest BCUT2D eigenvalue weighted by Crippen LogP contribution is 2.34. The number of pyridine rings is 1. The maximum atomic E-state index is 14.6. The van der Waals surface area contributed by atoms with Crippen molar-refractivity contribution < 1.29 is 33.0 Å². The molecule has 10 heteroatoms. The summed E-state index contributed by atoms with van der Waals surface area (Å²) in [5, 5.41) is 9.72. The minimum Gasteiger partial charge on any atom is -0.481 e. The maximum Gasteiger partial charge on any atom is 0.410 e. The summed E-state index contributed by atoms with van der Waals surface area (Å²) in [6.07, 6.45) is 2.25. The quantitative estimate of drug-likeness (QED) is 0.231. The fraction of sp³-hybridized carbons (Fsp3) is 0.333. The van der Waals surface area contributed by atoms with Crippen LogP contribution in [-0.2, 0) is 16.0 Å². The zero-order valence-electron chi connectivity index (χ0n) is 26.6. The second-order valence-electron chi connectivity index (χ2n) is 12.9. The van der Waals surface area contributed by atoms with E-state index in [0.29, 0.717) is 57.2 Å². The van der Waals surface area contributed by atoms with E-state index in [2.05, 4.69) is 4.98 Å². The summed E-state index contributed by atoms with van der Waals surface area (Å²) < 4.78 is 34.8. The monoisotopic (exact) mass is 629 g/mol. The Morgan fingerprint density at radius 2 is 1.72 bits per heavy atom. The first-order valence-electron chi connectivity index (χ1n) is 15.2. The van der Waals surface area contributed by atoms with Crippen LogP contribution in [0.5, 0.6) is 0 Å². The van der Waals surface area contributed by atoms with Crippen LogP contribution in [0.3, 0.4) is 0 Å². The molecule has 1 atom stereocenters. The molecule has 5 rings (SSSR count). The number of carbonyl (C=O) groups is 3. The number of carboxylic acids is 1. The number of hydrogen-bond acceptors (Lipinski definition) is 5. The van der Waals surface area contributed by atoms with Crippen LogP contribution in [0.15, 0.2) is 60.8 Å². The average Bonchev–Trinajstić information content (AvgIpc) is 3.42. The lowest BCUT2D eigenvalue weighted by Crippen LogP contribution is -2.45. The van der Waals surface area contributed by atoms with E-state index >= 15 is 0 Å². The molecule has 3 aromatic carbocycles. The third kappa shape index (κ3) is 7.33. The molecule has 1 saturated heterocycles. The standard InChI is InChI=1S/C36H37F2N3O5/c1-21-11-25(17-26(37)12-21)30-19-39-31-9-8-23(24-13-22(15-32(42)43)14-27(38)16-24)18-29(31)33(30)34(44)40(5)20-28-7-6-10-41(28)35(45)46-36(2,3)4/h8-9,11-14,16-19,28H,6-7,10,15,20H2,1-5H3,(H,42,43)/t28-/m0/s1. The molecule has 240 valence electrons. The van der Waals surface area contributed by atoms with Crippen molar-refractivity contribution in [2.45, 2.75) is 58.6 Å². The number of carbonyl (C=O) groups excluding carboxylic acids is 2. The van der Waals surface area contributed by atoms with Crippen LogP contribution < -0.4 is 0 Å². The number of carboxylic acid groups (broad SMARTS) is 1. The summed E-state index contributed by atoms with van der Waals surface area (Å²) in [4.78, 5) is 46.5. The molecule has 1 aliphatic heterocycles. The molecule has 0 radical (unpaired) electrons. The van der Waals surface area contributed by atoms with Gasteiger partial charge >= 0.3 is 12.1 Å².